The van der Waals surface area contributed by atoms with Crippen molar-refractivity contribution < 1.29 is 19.1 Å². The van der Waals surface area contributed by atoms with E-state index in [-0.39, 0.29) is 11.5 Å². The lowest BCUT2D eigenvalue weighted by atomic mass is 10.1. The molecule has 22 heavy (non-hydrogen) atoms. The molecule has 0 bridgehead atoms. The van der Waals surface area contributed by atoms with Crippen molar-refractivity contribution in [1.29, 1.82) is 0 Å². The SMILES string of the molecule is COC(=O)c1ccc(C(=O)OCCn2c(C)csc2=O)cc1. The lowest BCUT2D eigenvalue weighted by Crippen LogP contribution is -2.19. The van der Waals surface area contributed by atoms with Gasteiger partial charge in [-0.3, -0.25) is 9.36 Å². The third kappa shape index (κ3) is 3.62. The highest BCUT2D eigenvalue weighted by molar-refractivity contribution is 7.07. The summed E-state index contributed by atoms with van der Waals surface area (Å²) in [5, 5.41) is 1.76. The van der Waals surface area contributed by atoms with E-state index in [1.165, 1.54) is 31.4 Å². The van der Waals surface area contributed by atoms with Crippen LogP contribution in [0.25, 0.3) is 0 Å². The van der Waals surface area contributed by atoms with Gasteiger partial charge in [0.05, 0.1) is 24.8 Å². The van der Waals surface area contributed by atoms with Crippen LogP contribution >= 0.6 is 11.3 Å². The van der Waals surface area contributed by atoms with Crippen LogP contribution in [0, 0.1) is 6.92 Å². The minimum atomic E-state index is -0.502. The van der Waals surface area contributed by atoms with Gasteiger partial charge in [0.1, 0.15) is 6.61 Å². The fourth-order valence-corrected chi connectivity index (χ4v) is 2.61. The molecule has 0 aliphatic rings. The average Bonchev–Trinajstić information content (AvgIpc) is 2.86. The Labute approximate surface area is 130 Å². The first-order chi connectivity index (χ1) is 10.5. The monoisotopic (exact) mass is 321 g/mol. The summed E-state index contributed by atoms with van der Waals surface area (Å²) >= 11 is 1.12. The molecule has 0 atom stereocenters. The highest BCUT2D eigenvalue weighted by Crippen LogP contribution is 2.07. The molecule has 0 saturated carbocycles. The highest BCUT2D eigenvalue weighted by Gasteiger charge is 2.10. The summed E-state index contributed by atoms with van der Waals surface area (Å²) in [6, 6.07) is 5.99. The summed E-state index contributed by atoms with van der Waals surface area (Å²) in [7, 11) is 1.29. The number of carbonyl (C=O) groups excluding carboxylic acids is 2. The number of hydrogen-bond donors (Lipinski definition) is 0. The number of aryl methyl sites for hydroxylation is 1. The highest BCUT2D eigenvalue weighted by atomic mass is 32.1. The van der Waals surface area contributed by atoms with Crippen molar-refractivity contribution in [2.45, 2.75) is 13.5 Å². The van der Waals surface area contributed by atoms with Crippen molar-refractivity contribution in [2.24, 2.45) is 0 Å². The number of esters is 2. The number of methoxy groups -OCH3 is 1. The van der Waals surface area contributed by atoms with Gasteiger partial charge in [-0.25, -0.2) is 9.59 Å². The first-order valence-corrected chi connectivity index (χ1v) is 7.41. The second-order valence-electron chi connectivity index (χ2n) is 4.50. The van der Waals surface area contributed by atoms with Crippen molar-refractivity contribution in [3.05, 3.63) is 56.1 Å². The first-order valence-electron chi connectivity index (χ1n) is 6.53. The van der Waals surface area contributed by atoms with E-state index in [2.05, 4.69) is 4.74 Å². The molecule has 0 spiro atoms. The molecule has 6 nitrogen and oxygen atoms in total. The largest absolute Gasteiger partial charge is 0.465 e. The van der Waals surface area contributed by atoms with Crippen LogP contribution in [-0.2, 0) is 16.0 Å². The zero-order valence-corrected chi connectivity index (χ0v) is 13.0. The average molecular weight is 321 g/mol. The number of aromatic nitrogens is 1. The fourth-order valence-electron chi connectivity index (χ4n) is 1.85. The molecule has 7 heteroatoms. The molecule has 2 rings (SSSR count). The van der Waals surface area contributed by atoms with Gasteiger partial charge in [0.2, 0.25) is 0 Å². The molecule has 0 fully saturated rings. The molecule has 0 radical (unpaired) electrons. The maximum absolute atomic E-state index is 11.9. The molecular weight excluding hydrogens is 306 g/mol. The van der Waals surface area contributed by atoms with Gasteiger partial charge < -0.3 is 9.47 Å². The zero-order valence-electron chi connectivity index (χ0n) is 12.2. The van der Waals surface area contributed by atoms with Crippen molar-refractivity contribution >= 4 is 23.3 Å². The Balaban J connectivity index is 1.92. The van der Waals surface area contributed by atoms with Gasteiger partial charge in [-0.05, 0) is 31.2 Å². The van der Waals surface area contributed by atoms with Crippen molar-refractivity contribution in [2.75, 3.05) is 13.7 Å². The van der Waals surface area contributed by atoms with E-state index >= 15 is 0 Å². The number of thiazole rings is 1. The van der Waals surface area contributed by atoms with Gasteiger partial charge in [0, 0.05) is 11.1 Å². The van der Waals surface area contributed by atoms with Crippen LogP contribution in [0.3, 0.4) is 0 Å². The molecule has 1 heterocycles. The molecule has 116 valence electrons. The van der Waals surface area contributed by atoms with E-state index in [4.69, 9.17) is 4.74 Å². The maximum atomic E-state index is 11.9. The van der Waals surface area contributed by atoms with E-state index in [0.717, 1.165) is 17.0 Å². The molecule has 0 unspecified atom stereocenters. The molecule has 0 aliphatic carbocycles. The molecule has 0 N–H and O–H groups in total. The fraction of sp³-hybridized carbons (Fsp3) is 0.267. The molecule has 0 saturated heterocycles. The van der Waals surface area contributed by atoms with Crippen LogP contribution in [0.1, 0.15) is 26.4 Å². The summed E-state index contributed by atoms with van der Waals surface area (Å²) < 4.78 is 11.3. The summed E-state index contributed by atoms with van der Waals surface area (Å²) in [6.45, 7) is 2.25. The topological polar surface area (TPSA) is 74.6 Å². The van der Waals surface area contributed by atoms with E-state index in [9.17, 15) is 14.4 Å². The standard InChI is InChI=1S/C15H15NO5S/c1-10-9-22-15(19)16(10)7-8-21-14(18)12-5-3-11(4-6-12)13(17)20-2/h3-6,9H,7-8H2,1-2H3. The molecule has 1 aromatic heterocycles. The first kappa shape index (κ1) is 16.0. The van der Waals surface area contributed by atoms with Crippen LogP contribution in [0.2, 0.25) is 0 Å². The van der Waals surface area contributed by atoms with Gasteiger partial charge in [-0.1, -0.05) is 11.3 Å². The number of hydrogen-bond acceptors (Lipinski definition) is 6. The van der Waals surface area contributed by atoms with Crippen molar-refractivity contribution in [3.8, 4) is 0 Å². The van der Waals surface area contributed by atoms with Crippen LogP contribution in [0.4, 0.5) is 0 Å². The lowest BCUT2D eigenvalue weighted by Gasteiger charge is -2.07. The van der Waals surface area contributed by atoms with Crippen molar-refractivity contribution in [3.63, 3.8) is 0 Å². The Morgan fingerprint density at radius 2 is 1.73 bits per heavy atom. The molecule has 1 aromatic carbocycles. The Bertz CT molecular complexity index is 729. The van der Waals surface area contributed by atoms with Crippen molar-refractivity contribution in [1.82, 2.24) is 4.57 Å². The van der Waals surface area contributed by atoms with E-state index in [1.807, 2.05) is 6.92 Å². The zero-order chi connectivity index (χ0) is 16.1. The second-order valence-corrected chi connectivity index (χ2v) is 5.32. The van der Waals surface area contributed by atoms with E-state index < -0.39 is 11.9 Å². The summed E-state index contributed by atoms with van der Waals surface area (Å²) in [5.74, 6) is -0.968. The molecular formula is C15H15NO5S. The Kier molecular flexibility index (Phi) is 5.11. The predicted molar refractivity (Wildman–Crippen MR) is 81.4 cm³/mol. The maximum Gasteiger partial charge on any atom is 0.338 e. The van der Waals surface area contributed by atoms with Crippen LogP contribution < -0.4 is 4.87 Å². The third-order valence-electron chi connectivity index (χ3n) is 3.07. The quantitative estimate of drug-likeness (QED) is 0.786. The van der Waals surface area contributed by atoms with Gasteiger partial charge in [-0.2, -0.15) is 0 Å². The van der Waals surface area contributed by atoms with E-state index in [1.54, 1.807) is 9.95 Å². The third-order valence-corrected chi connectivity index (χ3v) is 3.95. The number of nitrogens with zero attached hydrogens (tertiary/aromatic N) is 1. The summed E-state index contributed by atoms with van der Waals surface area (Å²) in [6.07, 6.45) is 0. The summed E-state index contributed by atoms with van der Waals surface area (Å²) in [5.41, 5.74) is 1.54. The van der Waals surface area contributed by atoms with Gasteiger partial charge in [-0.15, -0.1) is 0 Å². The minimum Gasteiger partial charge on any atom is -0.465 e. The molecule has 0 aliphatic heterocycles. The molecule has 0 amide bonds. The Morgan fingerprint density at radius 1 is 1.14 bits per heavy atom. The van der Waals surface area contributed by atoms with Crippen LogP contribution in [0.15, 0.2) is 34.4 Å². The van der Waals surface area contributed by atoms with Crippen LogP contribution in [-0.4, -0.2) is 30.2 Å². The number of rotatable bonds is 5. The number of carbonyl (C=O) groups is 2. The lowest BCUT2D eigenvalue weighted by molar-refractivity contribution is 0.0488. The van der Waals surface area contributed by atoms with Gasteiger partial charge in [0.15, 0.2) is 0 Å². The second kappa shape index (κ2) is 7.04. The summed E-state index contributed by atoms with van der Waals surface area (Å²) in [4.78, 5) is 34.6. The van der Waals surface area contributed by atoms with Gasteiger partial charge >= 0.3 is 16.8 Å². The minimum absolute atomic E-state index is 0.0732. The van der Waals surface area contributed by atoms with E-state index in [0.29, 0.717) is 17.7 Å². The predicted octanol–water partition coefficient (Wildman–Crippen LogP) is 1.86. The normalized spacial score (nSPS) is 10.3. The van der Waals surface area contributed by atoms with Gasteiger partial charge in [0.25, 0.3) is 0 Å². The molecule has 2 aromatic rings. The van der Waals surface area contributed by atoms with Crippen LogP contribution in [0.5, 0.6) is 0 Å². The number of benzene rings is 1. The number of ether oxygens (including phenoxy) is 2. The Morgan fingerprint density at radius 3 is 2.23 bits per heavy atom. The smallest absolute Gasteiger partial charge is 0.338 e. The Hall–Kier alpha value is -2.41.